The summed E-state index contributed by atoms with van der Waals surface area (Å²) in [5.74, 6) is 0.388. The predicted octanol–water partition coefficient (Wildman–Crippen LogP) is 0.768. The second-order valence-corrected chi connectivity index (χ2v) is 3.36. The Bertz CT molecular complexity index is 316. The molecule has 0 aliphatic rings. The molecule has 0 spiro atoms. The molecule has 1 aromatic heterocycles. The molecule has 1 aromatic rings. The van der Waals surface area contributed by atoms with Gasteiger partial charge in [0.2, 0.25) is 11.8 Å². The van der Waals surface area contributed by atoms with E-state index in [9.17, 15) is 4.79 Å². The minimum absolute atomic E-state index is 0.0653. The Balaban J connectivity index is 2.48. The highest BCUT2D eigenvalue weighted by Crippen LogP contribution is 2.06. The van der Waals surface area contributed by atoms with Crippen molar-refractivity contribution in [3.63, 3.8) is 0 Å². The van der Waals surface area contributed by atoms with Gasteiger partial charge in [-0.05, 0) is 13.8 Å². The number of aromatic nitrogens is 2. The van der Waals surface area contributed by atoms with Gasteiger partial charge in [0.05, 0.1) is 12.2 Å². The standard InChI is InChI=1S/C10H15N3O2/c1-7(13-9(3)14)8(2)15-10-6-11-4-5-12-10/h4-8H,1-3H3,(H,13,14). The minimum Gasteiger partial charge on any atom is -0.471 e. The highest BCUT2D eigenvalue weighted by atomic mass is 16.5. The van der Waals surface area contributed by atoms with Crippen LogP contribution in [0.5, 0.6) is 5.88 Å². The van der Waals surface area contributed by atoms with Crippen LogP contribution in [0.1, 0.15) is 20.8 Å². The zero-order valence-electron chi connectivity index (χ0n) is 9.10. The Morgan fingerprint density at radius 1 is 1.47 bits per heavy atom. The lowest BCUT2D eigenvalue weighted by Crippen LogP contribution is -2.41. The predicted molar refractivity (Wildman–Crippen MR) is 55.4 cm³/mol. The third-order valence-corrected chi connectivity index (χ3v) is 1.98. The molecular weight excluding hydrogens is 194 g/mol. The highest BCUT2D eigenvalue weighted by molar-refractivity contribution is 5.73. The van der Waals surface area contributed by atoms with E-state index in [2.05, 4.69) is 15.3 Å². The normalized spacial score (nSPS) is 14.1. The molecule has 82 valence electrons. The maximum absolute atomic E-state index is 10.8. The molecule has 2 unspecified atom stereocenters. The van der Waals surface area contributed by atoms with Crippen LogP contribution in [-0.2, 0) is 4.79 Å². The van der Waals surface area contributed by atoms with Crippen LogP contribution in [0.4, 0.5) is 0 Å². The van der Waals surface area contributed by atoms with E-state index < -0.39 is 0 Å². The largest absolute Gasteiger partial charge is 0.471 e. The van der Waals surface area contributed by atoms with E-state index in [1.807, 2.05) is 13.8 Å². The summed E-state index contributed by atoms with van der Waals surface area (Å²) in [4.78, 5) is 18.7. The lowest BCUT2D eigenvalue weighted by molar-refractivity contribution is -0.120. The molecule has 0 saturated carbocycles. The van der Waals surface area contributed by atoms with Crippen LogP contribution in [0.2, 0.25) is 0 Å². The number of hydrogen-bond acceptors (Lipinski definition) is 4. The van der Waals surface area contributed by atoms with Crippen LogP contribution < -0.4 is 10.1 Å². The van der Waals surface area contributed by atoms with Gasteiger partial charge in [0.15, 0.2) is 0 Å². The number of nitrogens with one attached hydrogen (secondary N) is 1. The van der Waals surface area contributed by atoms with Gasteiger partial charge in [-0.3, -0.25) is 9.78 Å². The van der Waals surface area contributed by atoms with Gasteiger partial charge in [0.25, 0.3) is 0 Å². The zero-order valence-corrected chi connectivity index (χ0v) is 9.10. The van der Waals surface area contributed by atoms with Gasteiger partial charge in [0.1, 0.15) is 6.10 Å². The number of rotatable bonds is 4. The number of carbonyl (C=O) groups is 1. The van der Waals surface area contributed by atoms with Gasteiger partial charge in [-0.25, -0.2) is 4.98 Å². The van der Waals surface area contributed by atoms with E-state index in [0.29, 0.717) is 5.88 Å². The SMILES string of the molecule is CC(=O)NC(C)C(C)Oc1cnccn1. The molecule has 0 aliphatic carbocycles. The van der Waals surface area contributed by atoms with Crippen molar-refractivity contribution in [3.8, 4) is 5.88 Å². The summed E-state index contributed by atoms with van der Waals surface area (Å²) in [7, 11) is 0. The molecule has 15 heavy (non-hydrogen) atoms. The second kappa shape index (κ2) is 5.29. The van der Waals surface area contributed by atoms with E-state index in [1.165, 1.54) is 13.1 Å². The van der Waals surface area contributed by atoms with E-state index in [1.54, 1.807) is 12.4 Å². The van der Waals surface area contributed by atoms with Crippen molar-refractivity contribution in [1.82, 2.24) is 15.3 Å². The molecule has 0 aliphatic heterocycles. The molecule has 5 nitrogen and oxygen atoms in total. The molecule has 0 bridgehead atoms. The van der Waals surface area contributed by atoms with Crippen molar-refractivity contribution in [3.05, 3.63) is 18.6 Å². The van der Waals surface area contributed by atoms with Crippen molar-refractivity contribution >= 4 is 5.91 Å². The molecule has 1 heterocycles. The Morgan fingerprint density at radius 2 is 2.20 bits per heavy atom. The first-order chi connectivity index (χ1) is 7.09. The fourth-order valence-electron chi connectivity index (χ4n) is 1.08. The minimum atomic E-state index is -0.148. The molecule has 0 saturated heterocycles. The Morgan fingerprint density at radius 3 is 2.73 bits per heavy atom. The molecule has 5 heteroatoms. The monoisotopic (exact) mass is 209 g/mol. The molecular formula is C10H15N3O2. The van der Waals surface area contributed by atoms with Crippen LogP contribution in [0.15, 0.2) is 18.6 Å². The third kappa shape index (κ3) is 3.93. The van der Waals surface area contributed by atoms with Crippen molar-refractivity contribution in [1.29, 1.82) is 0 Å². The molecule has 0 radical (unpaired) electrons. The molecule has 1 amide bonds. The average Bonchev–Trinajstić information content (AvgIpc) is 2.18. The van der Waals surface area contributed by atoms with Crippen LogP contribution in [0.3, 0.4) is 0 Å². The van der Waals surface area contributed by atoms with Gasteiger partial charge in [-0.1, -0.05) is 0 Å². The maximum Gasteiger partial charge on any atom is 0.232 e. The second-order valence-electron chi connectivity index (χ2n) is 3.36. The van der Waals surface area contributed by atoms with Gasteiger partial charge in [-0.2, -0.15) is 0 Å². The smallest absolute Gasteiger partial charge is 0.232 e. The Hall–Kier alpha value is -1.65. The molecule has 1 N–H and O–H groups in total. The number of carbonyl (C=O) groups excluding carboxylic acids is 1. The van der Waals surface area contributed by atoms with Gasteiger partial charge >= 0.3 is 0 Å². The first-order valence-corrected chi connectivity index (χ1v) is 4.79. The van der Waals surface area contributed by atoms with Crippen LogP contribution in [-0.4, -0.2) is 28.0 Å². The molecule has 0 aromatic carbocycles. The summed E-state index contributed by atoms with van der Waals surface area (Å²) >= 11 is 0. The number of nitrogens with zero attached hydrogens (tertiary/aromatic N) is 2. The van der Waals surface area contributed by atoms with Crippen LogP contribution in [0.25, 0.3) is 0 Å². The van der Waals surface area contributed by atoms with Crippen molar-refractivity contribution in [2.24, 2.45) is 0 Å². The summed E-state index contributed by atoms with van der Waals surface area (Å²) in [6.07, 6.45) is 4.53. The highest BCUT2D eigenvalue weighted by Gasteiger charge is 2.14. The molecule has 0 fully saturated rings. The van der Waals surface area contributed by atoms with E-state index in [4.69, 9.17) is 4.74 Å². The summed E-state index contributed by atoms with van der Waals surface area (Å²) in [5.41, 5.74) is 0. The van der Waals surface area contributed by atoms with Crippen molar-refractivity contribution in [2.45, 2.75) is 32.9 Å². The molecule has 1 rings (SSSR count). The summed E-state index contributed by atoms with van der Waals surface area (Å²) < 4.78 is 5.49. The quantitative estimate of drug-likeness (QED) is 0.795. The Labute approximate surface area is 88.9 Å². The topological polar surface area (TPSA) is 64.1 Å². The van der Waals surface area contributed by atoms with Crippen molar-refractivity contribution in [2.75, 3.05) is 0 Å². The fourth-order valence-corrected chi connectivity index (χ4v) is 1.08. The summed E-state index contributed by atoms with van der Waals surface area (Å²) in [5, 5.41) is 2.75. The van der Waals surface area contributed by atoms with Crippen LogP contribution in [0, 0.1) is 0 Å². The average molecular weight is 209 g/mol. The number of amides is 1. The third-order valence-electron chi connectivity index (χ3n) is 1.98. The lowest BCUT2D eigenvalue weighted by atomic mass is 10.2. The number of hydrogen-bond donors (Lipinski definition) is 1. The number of ether oxygens (including phenoxy) is 1. The summed E-state index contributed by atoms with van der Waals surface area (Å²) in [6, 6.07) is -0.0653. The van der Waals surface area contributed by atoms with Gasteiger partial charge in [-0.15, -0.1) is 0 Å². The lowest BCUT2D eigenvalue weighted by Gasteiger charge is -2.21. The fraction of sp³-hybridized carbons (Fsp3) is 0.500. The van der Waals surface area contributed by atoms with Gasteiger partial charge < -0.3 is 10.1 Å². The van der Waals surface area contributed by atoms with Crippen LogP contribution >= 0.6 is 0 Å². The first-order valence-electron chi connectivity index (χ1n) is 4.79. The van der Waals surface area contributed by atoms with Crippen molar-refractivity contribution < 1.29 is 9.53 Å². The van der Waals surface area contributed by atoms with E-state index in [0.717, 1.165) is 0 Å². The first kappa shape index (κ1) is 11.4. The maximum atomic E-state index is 10.8. The molecule has 2 atom stereocenters. The van der Waals surface area contributed by atoms with E-state index in [-0.39, 0.29) is 18.1 Å². The summed E-state index contributed by atoms with van der Waals surface area (Å²) in [6.45, 7) is 5.23. The van der Waals surface area contributed by atoms with E-state index >= 15 is 0 Å². The zero-order chi connectivity index (χ0) is 11.3. The van der Waals surface area contributed by atoms with Gasteiger partial charge in [0, 0.05) is 19.3 Å². The Kier molecular flexibility index (Phi) is 4.03.